The summed E-state index contributed by atoms with van der Waals surface area (Å²) in [6.45, 7) is 2.23. The predicted octanol–water partition coefficient (Wildman–Crippen LogP) is 3.21. The maximum atomic E-state index is 10.7. The van der Waals surface area contributed by atoms with Gasteiger partial charge in [0.1, 0.15) is 6.29 Å². The van der Waals surface area contributed by atoms with Crippen LogP contribution < -0.4 is 0 Å². The molecule has 0 amide bonds. The second-order valence-electron chi connectivity index (χ2n) is 3.86. The third-order valence-electron chi connectivity index (χ3n) is 2.77. The minimum atomic E-state index is 0.371. The molecule has 1 saturated carbocycles. The number of aldehydes is 1. The van der Waals surface area contributed by atoms with Crippen molar-refractivity contribution in [2.45, 2.75) is 43.0 Å². The van der Waals surface area contributed by atoms with Crippen LogP contribution in [0, 0.1) is 11.8 Å². The van der Waals surface area contributed by atoms with Gasteiger partial charge in [-0.05, 0) is 25.2 Å². The summed E-state index contributed by atoms with van der Waals surface area (Å²) in [5.74, 6) is 1.05. The van der Waals surface area contributed by atoms with Crippen LogP contribution in [0.2, 0.25) is 0 Å². The Morgan fingerprint density at radius 1 is 1.50 bits per heavy atom. The van der Waals surface area contributed by atoms with Gasteiger partial charge in [-0.25, -0.2) is 0 Å². The quantitative estimate of drug-likeness (QED) is 0.441. The molecular formula is C10H17IO. The number of hydrogen-bond donors (Lipinski definition) is 0. The van der Waals surface area contributed by atoms with E-state index in [1.807, 2.05) is 0 Å². The molecule has 0 radical (unpaired) electrons. The molecule has 0 aromatic carbocycles. The van der Waals surface area contributed by atoms with E-state index in [9.17, 15) is 4.79 Å². The van der Waals surface area contributed by atoms with Gasteiger partial charge in [0.15, 0.2) is 0 Å². The highest BCUT2D eigenvalue weighted by Gasteiger charge is 2.25. The lowest BCUT2D eigenvalue weighted by Crippen LogP contribution is -2.22. The van der Waals surface area contributed by atoms with Gasteiger partial charge in [-0.15, -0.1) is 0 Å². The highest BCUT2D eigenvalue weighted by atomic mass is 127. The largest absolute Gasteiger partial charge is 0.303 e. The Morgan fingerprint density at radius 3 is 2.75 bits per heavy atom. The average molecular weight is 280 g/mol. The molecule has 1 rings (SSSR count). The summed E-state index contributed by atoms with van der Waals surface area (Å²) in [5.41, 5.74) is 0. The van der Waals surface area contributed by atoms with E-state index in [4.69, 9.17) is 0 Å². The lowest BCUT2D eigenvalue weighted by molar-refractivity contribution is -0.113. The molecule has 1 fully saturated rings. The Bertz CT molecular complexity index is 145. The third-order valence-corrected chi connectivity index (χ3v) is 3.28. The SMILES string of the molecule is C[C@@H](I)CC1CCCCC1C=O. The number of carbonyl (C=O) groups excluding carboxylic acids is 1. The zero-order valence-electron chi connectivity index (χ0n) is 7.63. The van der Waals surface area contributed by atoms with Gasteiger partial charge >= 0.3 is 0 Å². The van der Waals surface area contributed by atoms with Gasteiger partial charge in [-0.2, -0.15) is 0 Å². The van der Waals surface area contributed by atoms with Crippen LogP contribution in [0.5, 0.6) is 0 Å². The van der Waals surface area contributed by atoms with Gasteiger partial charge in [0, 0.05) is 9.84 Å². The molecule has 0 aliphatic heterocycles. The fourth-order valence-electron chi connectivity index (χ4n) is 2.13. The van der Waals surface area contributed by atoms with Crippen LogP contribution in [0.25, 0.3) is 0 Å². The van der Waals surface area contributed by atoms with Crippen LogP contribution in [0.1, 0.15) is 39.0 Å². The summed E-state index contributed by atoms with van der Waals surface area (Å²) in [7, 11) is 0. The van der Waals surface area contributed by atoms with Crippen LogP contribution in [-0.2, 0) is 4.79 Å². The van der Waals surface area contributed by atoms with E-state index in [2.05, 4.69) is 29.5 Å². The van der Waals surface area contributed by atoms with Crippen molar-refractivity contribution in [2.75, 3.05) is 0 Å². The second kappa shape index (κ2) is 5.20. The number of hydrogen-bond acceptors (Lipinski definition) is 1. The first kappa shape index (κ1) is 10.5. The molecule has 3 atom stereocenters. The van der Waals surface area contributed by atoms with Crippen molar-refractivity contribution >= 4 is 28.9 Å². The third kappa shape index (κ3) is 3.04. The lowest BCUT2D eigenvalue weighted by atomic mass is 9.78. The fraction of sp³-hybridized carbons (Fsp3) is 0.900. The summed E-state index contributed by atoms with van der Waals surface area (Å²) in [5, 5.41) is 0. The van der Waals surface area contributed by atoms with Crippen LogP contribution >= 0.6 is 22.6 Å². The standard InChI is InChI=1S/C10H17IO/c1-8(11)6-9-4-2-3-5-10(9)7-12/h7-10H,2-6H2,1H3/t8-,9?,10?/m1/s1. The molecular weight excluding hydrogens is 263 g/mol. The Labute approximate surface area is 88.4 Å². The lowest BCUT2D eigenvalue weighted by Gasteiger charge is -2.28. The van der Waals surface area contributed by atoms with Gasteiger partial charge in [0.05, 0.1) is 0 Å². The van der Waals surface area contributed by atoms with Crippen molar-refractivity contribution in [1.29, 1.82) is 0 Å². The highest BCUT2D eigenvalue weighted by Crippen LogP contribution is 2.33. The van der Waals surface area contributed by atoms with E-state index < -0.39 is 0 Å². The fourth-order valence-corrected chi connectivity index (χ4v) is 2.78. The van der Waals surface area contributed by atoms with Crippen LogP contribution in [0.3, 0.4) is 0 Å². The van der Waals surface area contributed by atoms with E-state index in [-0.39, 0.29) is 0 Å². The van der Waals surface area contributed by atoms with E-state index >= 15 is 0 Å². The summed E-state index contributed by atoms with van der Waals surface area (Å²) < 4.78 is 0.716. The first-order valence-electron chi connectivity index (χ1n) is 4.83. The van der Waals surface area contributed by atoms with Crippen molar-refractivity contribution in [3.05, 3.63) is 0 Å². The molecule has 2 unspecified atom stereocenters. The summed E-state index contributed by atoms with van der Waals surface area (Å²) in [6, 6.07) is 0. The first-order valence-corrected chi connectivity index (χ1v) is 6.08. The molecule has 0 spiro atoms. The molecule has 2 heteroatoms. The molecule has 0 saturated heterocycles. The van der Waals surface area contributed by atoms with Gasteiger partial charge in [-0.1, -0.05) is 42.4 Å². The maximum Gasteiger partial charge on any atom is 0.123 e. The number of carbonyl (C=O) groups is 1. The monoisotopic (exact) mass is 280 g/mol. The number of halogens is 1. The minimum Gasteiger partial charge on any atom is -0.303 e. The van der Waals surface area contributed by atoms with E-state index in [0.717, 1.165) is 6.42 Å². The molecule has 0 heterocycles. The Balaban J connectivity index is 2.41. The van der Waals surface area contributed by atoms with Gasteiger partial charge in [0.25, 0.3) is 0 Å². The normalized spacial score (nSPS) is 32.8. The molecule has 0 N–H and O–H groups in total. The molecule has 0 aromatic rings. The first-order chi connectivity index (χ1) is 5.74. The molecule has 12 heavy (non-hydrogen) atoms. The minimum absolute atomic E-state index is 0.371. The average Bonchev–Trinajstić information content (AvgIpc) is 2.04. The molecule has 1 aliphatic carbocycles. The second-order valence-corrected chi connectivity index (χ2v) is 5.99. The summed E-state index contributed by atoms with van der Waals surface area (Å²) >= 11 is 2.46. The number of rotatable bonds is 3. The Hall–Kier alpha value is 0.400. The number of alkyl halides is 1. The van der Waals surface area contributed by atoms with Crippen molar-refractivity contribution in [3.8, 4) is 0 Å². The van der Waals surface area contributed by atoms with E-state index in [1.54, 1.807) is 0 Å². The Morgan fingerprint density at radius 2 is 2.17 bits per heavy atom. The van der Waals surface area contributed by atoms with Gasteiger partial charge < -0.3 is 4.79 Å². The van der Waals surface area contributed by atoms with E-state index in [0.29, 0.717) is 15.8 Å². The molecule has 0 bridgehead atoms. The van der Waals surface area contributed by atoms with E-state index in [1.165, 1.54) is 32.0 Å². The zero-order valence-corrected chi connectivity index (χ0v) is 9.79. The topological polar surface area (TPSA) is 17.1 Å². The summed E-state index contributed by atoms with van der Waals surface area (Å²) in [6.07, 6.45) is 7.41. The van der Waals surface area contributed by atoms with Gasteiger partial charge in [0.2, 0.25) is 0 Å². The Kier molecular flexibility index (Phi) is 4.54. The van der Waals surface area contributed by atoms with Crippen molar-refractivity contribution in [2.24, 2.45) is 11.8 Å². The molecule has 1 nitrogen and oxygen atoms in total. The smallest absolute Gasteiger partial charge is 0.123 e. The molecule has 0 aromatic heterocycles. The predicted molar refractivity (Wildman–Crippen MR) is 59.6 cm³/mol. The molecule has 70 valence electrons. The van der Waals surface area contributed by atoms with Crippen LogP contribution in [-0.4, -0.2) is 10.2 Å². The van der Waals surface area contributed by atoms with Crippen molar-refractivity contribution in [3.63, 3.8) is 0 Å². The highest BCUT2D eigenvalue weighted by molar-refractivity contribution is 14.1. The summed E-state index contributed by atoms with van der Waals surface area (Å²) in [4.78, 5) is 10.7. The van der Waals surface area contributed by atoms with Crippen molar-refractivity contribution < 1.29 is 4.79 Å². The zero-order chi connectivity index (χ0) is 8.97. The van der Waals surface area contributed by atoms with Crippen LogP contribution in [0.15, 0.2) is 0 Å². The van der Waals surface area contributed by atoms with Crippen molar-refractivity contribution in [1.82, 2.24) is 0 Å². The van der Waals surface area contributed by atoms with Crippen LogP contribution in [0.4, 0.5) is 0 Å². The maximum absolute atomic E-state index is 10.7. The molecule has 1 aliphatic rings. The van der Waals surface area contributed by atoms with Gasteiger partial charge in [-0.3, -0.25) is 0 Å².